The van der Waals surface area contributed by atoms with E-state index >= 15 is 0 Å². The van der Waals surface area contributed by atoms with Crippen molar-refractivity contribution < 1.29 is 12.8 Å². The average Bonchev–Trinajstić information content (AvgIpc) is 1.61. The molecular weight excluding hydrogens is 241 g/mol. The number of carbonyl (C=O) groups is 1. The molecule has 0 saturated carbocycles. The Kier molecular flexibility index (Phi) is 10.1. The number of aliphatic carboxylic acids is 1. The van der Waals surface area contributed by atoms with Crippen molar-refractivity contribution in [3.05, 3.63) is 0 Å². The molecular formula is C6H14BaO2. The van der Waals surface area contributed by atoms with Crippen LogP contribution in [0.2, 0.25) is 0 Å². The summed E-state index contributed by atoms with van der Waals surface area (Å²) in [6.07, 6.45) is 1.09. The zero-order valence-electron chi connectivity index (χ0n) is 8.05. The SMILES string of the molecule is CC(C)CCC(=O)O.[Ba+2].[H-].[H-]. The van der Waals surface area contributed by atoms with E-state index in [4.69, 9.17) is 5.11 Å². The third-order valence-corrected chi connectivity index (χ3v) is 0.936. The maximum absolute atomic E-state index is 9.90. The van der Waals surface area contributed by atoms with Crippen LogP contribution in [0.15, 0.2) is 0 Å². The standard InChI is InChI=1S/C6H12O2.Ba.2H/c1-5(2)3-4-6(7)8;;;/h5H,3-4H2,1-2H3,(H,7,8);;;/q;+2;2*-1. The third-order valence-electron chi connectivity index (χ3n) is 0.936. The molecule has 0 saturated heterocycles. The molecule has 0 aromatic heterocycles. The molecule has 0 radical (unpaired) electrons. The van der Waals surface area contributed by atoms with E-state index in [0.717, 1.165) is 6.42 Å². The minimum Gasteiger partial charge on any atom is -1.00 e. The molecule has 0 unspecified atom stereocenters. The maximum atomic E-state index is 9.90. The van der Waals surface area contributed by atoms with Gasteiger partial charge in [-0.05, 0) is 12.3 Å². The van der Waals surface area contributed by atoms with Gasteiger partial charge in [0, 0.05) is 6.42 Å². The Morgan fingerprint density at radius 1 is 1.67 bits per heavy atom. The van der Waals surface area contributed by atoms with Crippen molar-refractivity contribution in [1.29, 1.82) is 0 Å². The van der Waals surface area contributed by atoms with E-state index in [1.165, 1.54) is 0 Å². The van der Waals surface area contributed by atoms with Gasteiger partial charge in [0.2, 0.25) is 0 Å². The van der Waals surface area contributed by atoms with Gasteiger partial charge in [0.15, 0.2) is 0 Å². The second kappa shape index (κ2) is 7.15. The number of hydrogen-bond acceptors (Lipinski definition) is 1. The van der Waals surface area contributed by atoms with Gasteiger partial charge < -0.3 is 7.96 Å². The fraction of sp³-hybridized carbons (Fsp3) is 0.833. The topological polar surface area (TPSA) is 37.3 Å². The van der Waals surface area contributed by atoms with Gasteiger partial charge in [-0.25, -0.2) is 0 Å². The molecule has 0 aromatic carbocycles. The predicted molar refractivity (Wildman–Crippen MR) is 39.7 cm³/mol. The van der Waals surface area contributed by atoms with Gasteiger partial charge in [-0.2, -0.15) is 0 Å². The molecule has 0 amide bonds. The molecule has 0 atom stereocenters. The van der Waals surface area contributed by atoms with Gasteiger partial charge in [0.1, 0.15) is 0 Å². The molecule has 0 spiro atoms. The van der Waals surface area contributed by atoms with E-state index in [1.54, 1.807) is 0 Å². The minimum atomic E-state index is -0.696. The molecule has 0 aromatic rings. The number of hydrogen-bond donors (Lipinski definition) is 1. The normalized spacial score (nSPS) is 8.78. The van der Waals surface area contributed by atoms with Gasteiger partial charge in [0.25, 0.3) is 0 Å². The molecule has 0 fully saturated rings. The first-order valence-electron chi connectivity index (χ1n) is 2.84. The number of rotatable bonds is 3. The van der Waals surface area contributed by atoms with Crippen LogP contribution in [0.3, 0.4) is 0 Å². The van der Waals surface area contributed by atoms with Crippen LogP contribution in [-0.2, 0) is 4.79 Å². The fourth-order valence-electron chi connectivity index (χ4n) is 0.412. The largest absolute Gasteiger partial charge is 2.00 e. The smallest absolute Gasteiger partial charge is 1.00 e. The van der Waals surface area contributed by atoms with Crippen LogP contribution >= 0.6 is 0 Å². The predicted octanol–water partition coefficient (Wildman–Crippen LogP) is 1.35. The molecule has 1 N–H and O–H groups in total. The van der Waals surface area contributed by atoms with Crippen LogP contribution in [-0.4, -0.2) is 60.0 Å². The van der Waals surface area contributed by atoms with Crippen LogP contribution in [0.5, 0.6) is 0 Å². The first-order chi connectivity index (χ1) is 3.63. The van der Waals surface area contributed by atoms with Gasteiger partial charge in [-0.1, -0.05) is 13.8 Å². The Balaban J connectivity index is -0.0000000817. The summed E-state index contributed by atoms with van der Waals surface area (Å²) in [7, 11) is 0. The second-order valence-corrected chi connectivity index (χ2v) is 2.33. The summed E-state index contributed by atoms with van der Waals surface area (Å²) < 4.78 is 0. The number of carboxylic acid groups (broad SMARTS) is 1. The van der Waals surface area contributed by atoms with E-state index < -0.39 is 5.97 Å². The van der Waals surface area contributed by atoms with Gasteiger partial charge in [-0.15, -0.1) is 0 Å². The van der Waals surface area contributed by atoms with Crippen molar-refractivity contribution in [3.63, 3.8) is 0 Å². The third kappa shape index (κ3) is 12.3. The van der Waals surface area contributed by atoms with Crippen LogP contribution in [0.1, 0.15) is 29.5 Å². The van der Waals surface area contributed by atoms with E-state index in [9.17, 15) is 4.79 Å². The van der Waals surface area contributed by atoms with Gasteiger partial charge >= 0.3 is 54.9 Å². The van der Waals surface area contributed by atoms with Crippen molar-refractivity contribution in [2.75, 3.05) is 0 Å². The Hall–Kier alpha value is 1.04. The molecule has 2 nitrogen and oxygen atoms in total. The molecule has 0 aliphatic heterocycles. The molecule has 0 rings (SSSR count). The van der Waals surface area contributed by atoms with E-state index in [0.29, 0.717) is 12.3 Å². The number of carboxylic acids is 1. The summed E-state index contributed by atoms with van der Waals surface area (Å²) >= 11 is 0. The monoisotopic (exact) mass is 256 g/mol. The Morgan fingerprint density at radius 3 is 2.22 bits per heavy atom. The second-order valence-electron chi connectivity index (χ2n) is 2.33. The molecule has 3 heteroatoms. The summed E-state index contributed by atoms with van der Waals surface area (Å²) in [5, 5.41) is 8.16. The minimum absolute atomic E-state index is 0. The summed E-state index contributed by atoms with van der Waals surface area (Å²) in [5.74, 6) is -0.190. The fourth-order valence-corrected chi connectivity index (χ4v) is 0.412. The first-order valence-corrected chi connectivity index (χ1v) is 2.84. The van der Waals surface area contributed by atoms with Crippen LogP contribution in [0.25, 0.3) is 0 Å². The molecule has 0 aliphatic carbocycles. The summed E-state index contributed by atoms with van der Waals surface area (Å²) in [4.78, 5) is 9.90. The van der Waals surface area contributed by atoms with Crippen molar-refractivity contribution in [1.82, 2.24) is 0 Å². The Bertz CT molecular complexity index is 88.7. The van der Waals surface area contributed by atoms with E-state index in [-0.39, 0.29) is 51.7 Å². The van der Waals surface area contributed by atoms with Crippen molar-refractivity contribution in [2.24, 2.45) is 5.92 Å². The summed E-state index contributed by atoms with van der Waals surface area (Å²) in [5.41, 5.74) is 0. The summed E-state index contributed by atoms with van der Waals surface area (Å²) in [6.45, 7) is 4.03. The quantitative estimate of drug-likeness (QED) is 0.773. The molecule has 0 bridgehead atoms. The summed E-state index contributed by atoms with van der Waals surface area (Å²) in [6, 6.07) is 0. The van der Waals surface area contributed by atoms with Crippen LogP contribution in [0, 0.1) is 5.92 Å². The average molecular weight is 256 g/mol. The van der Waals surface area contributed by atoms with Gasteiger partial charge in [-0.3, -0.25) is 4.79 Å². The van der Waals surface area contributed by atoms with Crippen molar-refractivity contribution >= 4 is 54.9 Å². The van der Waals surface area contributed by atoms with Crippen molar-refractivity contribution in [3.8, 4) is 0 Å². The van der Waals surface area contributed by atoms with Crippen LogP contribution < -0.4 is 0 Å². The molecule has 0 heterocycles. The molecule has 0 aliphatic rings. The maximum Gasteiger partial charge on any atom is 2.00 e. The van der Waals surface area contributed by atoms with E-state index in [2.05, 4.69) is 0 Å². The van der Waals surface area contributed by atoms with Crippen LogP contribution in [0.4, 0.5) is 0 Å². The first kappa shape index (κ1) is 12.7. The Morgan fingerprint density at radius 2 is 2.11 bits per heavy atom. The zero-order valence-corrected chi connectivity index (χ0v) is 10.5. The zero-order chi connectivity index (χ0) is 6.57. The molecule has 52 valence electrons. The molecule has 9 heavy (non-hydrogen) atoms. The van der Waals surface area contributed by atoms with E-state index in [1.807, 2.05) is 13.8 Å². The van der Waals surface area contributed by atoms with Gasteiger partial charge in [0.05, 0.1) is 0 Å². The Labute approximate surface area is 99.1 Å². The van der Waals surface area contributed by atoms with Crippen molar-refractivity contribution in [2.45, 2.75) is 26.7 Å².